The van der Waals surface area contributed by atoms with Crippen molar-refractivity contribution in [1.29, 1.82) is 0 Å². The van der Waals surface area contributed by atoms with Crippen LogP contribution in [0.15, 0.2) is 69.5 Å². The van der Waals surface area contributed by atoms with Crippen LogP contribution in [-0.2, 0) is 6.42 Å². The fraction of sp³-hybridized carbons (Fsp3) is 0.355. The van der Waals surface area contributed by atoms with Gasteiger partial charge in [-0.3, -0.25) is 0 Å². The Kier molecular flexibility index (Phi) is 8.65. The Morgan fingerprint density at radius 2 is 1.68 bits per heavy atom. The number of benzene rings is 2. The number of hydrogen-bond donors (Lipinski definition) is 3. The first-order chi connectivity index (χ1) is 16.2. The number of anilines is 1. The second-order valence-electron chi connectivity index (χ2n) is 9.62. The molecule has 34 heavy (non-hydrogen) atoms. The molecule has 2 N–H and O–H groups in total. The highest BCUT2D eigenvalue weighted by molar-refractivity contribution is 7.80. The molecule has 0 fully saturated rings. The molecule has 0 saturated carbocycles. The van der Waals surface area contributed by atoms with Gasteiger partial charge in [-0.15, -0.1) is 25.3 Å². The van der Waals surface area contributed by atoms with Crippen LogP contribution in [0.5, 0.6) is 0 Å². The van der Waals surface area contributed by atoms with E-state index in [2.05, 4.69) is 83.7 Å². The van der Waals surface area contributed by atoms with Gasteiger partial charge in [-0.05, 0) is 76.1 Å². The SMILES string of the molecule is C=c1cc/c(=C(\C2=C(CC)C=CC(C)(CCC)C=C2)c2ccc(N)c(S)c2C)c(CCC)c1S. The third-order valence-electron chi connectivity index (χ3n) is 6.95. The normalized spacial score (nSPS) is 18.9. The summed E-state index contributed by atoms with van der Waals surface area (Å²) in [4.78, 5) is 1.83. The highest BCUT2D eigenvalue weighted by atomic mass is 32.1. The number of allylic oxidation sites excluding steroid dienone is 6. The molecule has 1 atom stereocenters. The lowest BCUT2D eigenvalue weighted by Gasteiger charge is -2.21. The quantitative estimate of drug-likeness (QED) is 0.275. The first-order valence-electron chi connectivity index (χ1n) is 12.4. The molecular formula is C31H39NS2. The molecule has 0 amide bonds. The highest BCUT2D eigenvalue weighted by Gasteiger charge is 2.22. The molecule has 1 nitrogen and oxygen atoms in total. The molecule has 0 spiro atoms. The zero-order chi connectivity index (χ0) is 25.0. The maximum absolute atomic E-state index is 6.23. The van der Waals surface area contributed by atoms with Crippen LogP contribution in [0.1, 0.15) is 70.1 Å². The minimum Gasteiger partial charge on any atom is -0.398 e. The zero-order valence-corrected chi connectivity index (χ0v) is 23.1. The molecule has 3 rings (SSSR count). The van der Waals surface area contributed by atoms with Gasteiger partial charge in [-0.25, -0.2) is 0 Å². The number of nitrogen functional groups attached to an aromatic ring is 1. The van der Waals surface area contributed by atoms with Crippen LogP contribution in [0.3, 0.4) is 0 Å². The molecular weight excluding hydrogens is 450 g/mol. The van der Waals surface area contributed by atoms with Gasteiger partial charge in [0.05, 0.1) is 0 Å². The van der Waals surface area contributed by atoms with Crippen molar-refractivity contribution in [3.8, 4) is 0 Å². The summed E-state index contributed by atoms with van der Waals surface area (Å²) in [6, 6.07) is 8.45. The standard InChI is InChI=1S/C31H39NS2/c1-7-10-26-25(12-11-20(4)29(26)33)28(23-13-14-27(32)30(34)21(23)5)24-16-19-31(6,17-8-2)18-15-22(24)9-3/h11-16,18-19,33-34H,4,7-10,17,32H2,1-3,5-6H3/b28-25+. The fourth-order valence-electron chi connectivity index (χ4n) is 4.92. The molecule has 2 aromatic carbocycles. The monoisotopic (exact) mass is 489 g/mol. The van der Waals surface area contributed by atoms with Crippen molar-refractivity contribution in [3.63, 3.8) is 0 Å². The van der Waals surface area contributed by atoms with Crippen molar-refractivity contribution >= 4 is 43.1 Å². The summed E-state index contributed by atoms with van der Waals surface area (Å²) in [7, 11) is 0. The molecule has 0 aliphatic heterocycles. The van der Waals surface area contributed by atoms with Crippen molar-refractivity contribution in [1.82, 2.24) is 0 Å². The van der Waals surface area contributed by atoms with Crippen LogP contribution in [0.2, 0.25) is 0 Å². The van der Waals surface area contributed by atoms with E-state index in [4.69, 9.17) is 31.0 Å². The molecule has 0 radical (unpaired) electrons. The molecule has 1 aliphatic carbocycles. The van der Waals surface area contributed by atoms with Crippen LogP contribution >= 0.6 is 25.3 Å². The van der Waals surface area contributed by atoms with Crippen molar-refractivity contribution in [2.75, 3.05) is 5.73 Å². The summed E-state index contributed by atoms with van der Waals surface area (Å²) < 4.78 is 0. The van der Waals surface area contributed by atoms with Gasteiger partial charge in [-0.1, -0.05) is 89.6 Å². The number of nitrogens with two attached hydrogens (primary N) is 1. The lowest BCUT2D eigenvalue weighted by atomic mass is 9.84. The Labute approximate surface area is 217 Å². The number of hydrogen-bond acceptors (Lipinski definition) is 3. The molecule has 0 bridgehead atoms. The average Bonchev–Trinajstić information content (AvgIpc) is 2.97. The minimum atomic E-state index is 0.0467. The van der Waals surface area contributed by atoms with Gasteiger partial charge in [0.15, 0.2) is 0 Å². The van der Waals surface area contributed by atoms with E-state index in [1.807, 2.05) is 6.07 Å². The summed E-state index contributed by atoms with van der Waals surface area (Å²) >= 11 is 9.68. The van der Waals surface area contributed by atoms with Crippen LogP contribution in [0, 0.1) is 12.3 Å². The highest BCUT2D eigenvalue weighted by Crippen LogP contribution is 2.38. The summed E-state index contributed by atoms with van der Waals surface area (Å²) in [5.41, 5.74) is 14.3. The molecule has 0 heterocycles. The fourth-order valence-corrected chi connectivity index (χ4v) is 5.43. The van der Waals surface area contributed by atoms with Gasteiger partial charge in [0, 0.05) is 20.9 Å². The second kappa shape index (κ2) is 11.1. The van der Waals surface area contributed by atoms with Crippen LogP contribution < -0.4 is 16.2 Å². The van der Waals surface area contributed by atoms with Crippen LogP contribution in [0.4, 0.5) is 5.69 Å². The van der Waals surface area contributed by atoms with Crippen molar-refractivity contribution in [2.45, 2.75) is 76.5 Å². The molecule has 3 heteroatoms. The molecule has 180 valence electrons. The van der Waals surface area contributed by atoms with Gasteiger partial charge in [0.2, 0.25) is 0 Å². The first-order valence-corrected chi connectivity index (χ1v) is 13.3. The van der Waals surface area contributed by atoms with E-state index in [1.165, 1.54) is 33.1 Å². The predicted octanol–water partition coefficient (Wildman–Crippen LogP) is 7.36. The number of thiol groups is 2. The van der Waals surface area contributed by atoms with Crippen LogP contribution in [0.25, 0.3) is 12.2 Å². The lowest BCUT2D eigenvalue weighted by molar-refractivity contribution is 0.492. The van der Waals surface area contributed by atoms with E-state index in [1.54, 1.807) is 0 Å². The third-order valence-corrected chi connectivity index (χ3v) is 8.10. The third kappa shape index (κ3) is 5.26. The minimum absolute atomic E-state index is 0.0467. The summed E-state index contributed by atoms with van der Waals surface area (Å²) in [6.45, 7) is 15.4. The predicted molar refractivity (Wildman–Crippen MR) is 156 cm³/mol. The molecule has 0 aromatic heterocycles. The molecule has 1 aliphatic rings. The molecule has 0 saturated heterocycles. The van der Waals surface area contributed by atoms with E-state index >= 15 is 0 Å². The number of rotatable bonds is 7. The van der Waals surface area contributed by atoms with Crippen molar-refractivity contribution in [2.24, 2.45) is 5.41 Å². The smallest absolute Gasteiger partial charge is 0.0452 e. The van der Waals surface area contributed by atoms with Crippen LogP contribution in [-0.4, -0.2) is 0 Å². The Hall–Kier alpha value is -2.10. The average molecular weight is 490 g/mol. The Morgan fingerprint density at radius 1 is 0.971 bits per heavy atom. The van der Waals surface area contributed by atoms with E-state index in [9.17, 15) is 0 Å². The Bertz CT molecular complexity index is 1280. The van der Waals surface area contributed by atoms with Gasteiger partial charge in [0.25, 0.3) is 0 Å². The first kappa shape index (κ1) is 26.5. The van der Waals surface area contributed by atoms with Gasteiger partial charge in [-0.2, -0.15) is 0 Å². The van der Waals surface area contributed by atoms with E-state index in [0.717, 1.165) is 52.7 Å². The maximum Gasteiger partial charge on any atom is 0.0452 e. The maximum atomic E-state index is 6.23. The van der Waals surface area contributed by atoms with Crippen molar-refractivity contribution in [3.05, 3.63) is 86.8 Å². The van der Waals surface area contributed by atoms with Gasteiger partial charge in [0.1, 0.15) is 0 Å². The lowest BCUT2D eigenvalue weighted by Crippen LogP contribution is -2.21. The summed E-state index contributed by atoms with van der Waals surface area (Å²) in [5.74, 6) is 0. The topological polar surface area (TPSA) is 26.0 Å². The molecule has 2 aromatic rings. The Morgan fingerprint density at radius 3 is 2.32 bits per heavy atom. The second-order valence-corrected chi connectivity index (χ2v) is 10.5. The summed E-state index contributed by atoms with van der Waals surface area (Å²) in [5, 5.41) is 2.19. The summed E-state index contributed by atoms with van der Waals surface area (Å²) in [6.07, 6.45) is 14.7. The van der Waals surface area contributed by atoms with Gasteiger partial charge >= 0.3 is 0 Å². The van der Waals surface area contributed by atoms with Crippen molar-refractivity contribution < 1.29 is 0 Å². The Balaban J connectivity index is 2.52. The zero-order valence-electron chi connectivity index (χ0n) is 21.3. The van der Waals surface area contributed by atoms with E-state index in [-0.39, 0.29) is 5.41 Å². The van der Waals surface area contributed by atoms with Gasteiger partial charge < -0.3 is 5.73 Å². The van der Waals surface area contributed by atoms with E-state index in [0.29, 0.717) is 5.69 Å². The largest absolute Gasteiger partial charge is 0.398 e. The molecule has 1 unspecified atom stereocenters. The van der Waals surface area contributed by atoms with E-state index < -0.39 is 0 Å².